The largest absolute Gasteiger partial charge is 0.477 e. The van der Waals surface area contributed by atoms with Gasteiger partial charge in [-0.05, 0) is 24.3 Å². The number of halogens is 4. The first-order chi connectivity index (χ1) is 15.6. The number of carbonyl (C=O) groups excluding carboxylic acids is 2. The number of carbonyl (C=O) groups is 2. The molecule has 2 aromatic carbocycles. The lowest BCUT2D eigenvalue weighted by atomic mass is 10.2. The van der Waals surface area contributed by atoms with Gasteiger partial charge in [-0.1, -0.05) is 23.7 Å². The maximum absolute atomic E-state index is 12.6. The average molecular weight is 487 g/mol. The number of piperazine rings is 1. The van der Waals surface area contributed by atoms with Crippen LogP contribution < -0.4 is 15.0 Å². The monoisotopic (exact) mass is 486 g/mol. The van der Waals surface area contributed by atoms with Crippen molar-refractivity contribution in [3.63, 3.8) is 0 Å². The Bertz CT molecular complexity index is 1060. The fourth-order valence-corrected chi connectivity index (χ4v) is 3.54. The van der Waals surface area contributed by atoms with Gasteiger partial charge in [0.25, 0.3) is 5.91 Å². The van der Waals surface area contributed by atoms with E-state index >= 15 is 0 Å². The van der Waals surface area contributed by atoms with Crippen LogP contribution in [-0.2, 0) is 9.59 Å². The van der Waals surface area contributed by atoms with E-state index in [2.05, 4.69) is 5.32 Å². The summed E-state index contributed by atoms with van der Waals surface area (Å²) in [6.45, 7) is -0.348. The maximum Gasteiger partial charge on any atom is 0.471 e. The predicted molar refractivity (Wildman–Crippen MR) is 114 cm³/mol. The van der Waals surface area contributed by atoms with E-state index in [0.717, 1.165) is 4.90 Å². The zero-order valence-electron chi connectivity index (χ0n) is 17.0. The molecule has 1 saturated heterocycles. The molecule has 1 fully saturated rings. The zero-order valence-corrected chi connectivity index (χ0v) is 17.7. The number of hydrogen-bond donors (Lipinski definition) is 1. The molecule has 0 bridgehead atoms. The third kappa shape index (κ3) is 6.04. The van der Waals surface area contributed by atoms with Crippen LogP contribution in [0.15, 0.2) is 42.5 Å². The highest BCUT2D eigenvalue weighted by molar-refractivity contribution is 6.33. The molecule has 2 aromatic rings. The normalized spacial score (nSPS) is 14.1. The fourth-order valence-electron chi connectivity index (χ4n) is 3.24. The van der Waals surface area contributed by atoms with Crippen LogP contribution in [-0.4, -0.2) is 60.6 Å². The SMILES string of the molecule is O=C(COc1ccccc1[N+](=O)[O-])Nc1ccc(N2CCN(C(=O)C(F)(F)F)CC2)c(Cl)c1. The minimum Gasteiger partial charge on any atom is -0.477 e. The van der Waals surface area contributed by atoms with E-state index < -0.39 is 29.5 Å². The average Bonchev–Trinajstić information content (AvgIpc) is 2.77. The summed E-state index contributed by atoms with van der Waals surface area (Å²) in [5.41, 5.74) is 0.616. The maximum atomic E-state index is 12.6. The molecule has 1 aliphatic rings. The summed E-state index contributed by atoms with van der Waals surface area (Å²) in [5.74, 6) is -2.49. The lowest BCUT2D eigenvalue weighted by Gasteiger charge is -2.36. The van der Waals surface area contributed by atoms with Crippen molar-refractivity contribution < 1.29 is 32.4 Å². The molecular weight excluding hydrogens is 469 g/mol. The number of nitro benzene ring substituents is 1. The summed E-state index contributed by atoms with van der Waals surface area (Å²) in [4.78, 5) is 36.4. The standard InChI is InChI=1S/C20H18ClF3N4O5/c21-14-11-13(25-18(29)12-33-17-4-2-1-3-16(17)28(31)32)5-6-15(14)26-7-9-27(10-8-26)19(30)20(22,23)24/h1-6,11H,7-10,12H2,(H,25,29). The first kappa shape index (κ1) is 24.1. The molecule has 0 saturated carbocycles. The van der Waals surface area contributed by atoms with Crippen molar-refractivity contribution in [3.05, 3.63) is 57.6 Å². The first-order valence-corrected chi connectivity index (χ1v) is 10.0. The molecule has 3 rings (SSSR count). The predicted octanol–water partition coefficient (Wildman–Crippen LogP) is 3.48. The molecule has 176 valence electrons. The highest BCUT2D eigenvalue weighted by Gasteiger charge is 2.43. The number of para-hydroxylation sites is 2. The van der Waals surface area contributed by atoms with Crippen LogP contribution in [0.3, 0.4) is 0 Å². The Hall–Kier alpha value is -3.54. The van der Waals surface area contributed by atoms with Crippen molar-refractivity contribution in [2.75, 3.05) is 43.0 Å². The number of nitro groups is 1. The van der Waals surface area contributed by atoms with Gasteiger partial charge in [-0.2, -0.15) is 13.2 Å². The number of alkyl halides is 3. The molecular formula is C20H18ClF3N4O5. The molecule has 0 unspecified atom stereocenters. The molecule has 0 aliphatic carbocycles. The molecule has 1 aliphatic heterocycles. The summed E-state index contributed by atoms with van der Waals surface area (Å²) in [5, 5.41) is 13.8. The Morgan fingerprint density at radius 2 is 1.79 bits per heavy atom. The molecule has 1 N–H and O–H groups in total. The molecule has 13 heteroatoms. The Morgan fingerprint density at radius 1 is 1.12 bits per heavy atom. The van der Waals surface area contributed by atoms with Crippen molar-refractivity contribution in [2.45, 2.75) is 6.18 Å². The molecule has 0 atom stereocenters. The van der Waals surface area contributed by atoms with Crippen molar-refractivity contribution in [3.8, 4) is 5.75 Å². The molecule has 9 nitrogen and oxygen atoms in total. The zero-order chi connectivity index (χ0) is 24.2. The summed E-state index contributed by atoms with van der Waals surface area (Å²) < 4.78 is 42.9. The smallest absolute Gasteiger partial charge is 0.471 e. The molecule has 0 spiro atoms. The van der Waals surface area contributed by atoms with E-state index in [1.54, 1.807) is 17.0 Å². The van der Waals surface area contributed by atoms with E-state index in [0.29, 0.717) is 11.4 Å². The van der Waals surface area contributed by atoms with Gasteiger partial charge in [-0.25, -0.2) is 0 Å². The van der Waals surface area contributed by atoms with E-state index in [9.17, 15) is 32.9 Å². The number of hydrogen-bond acceptors (Lipinski definition) is 6. The molecule has 2 amide bonds. The van der Waals surface area contributed by atoms with E-state index in [4.69, 9.17) is 16.3 Å². The van der Waals surface area contributed by atoms with Gasteiger partial charge in [-0.15, -0.1) is 0 Å². The third-order valence-electron chi connectivity index (χ3n) is 4.80. The topological polar surface area (TPSA) is 105 Å². The van der Waals surface area contributed by atoms with Crippen molar-refractivity contribution in [1.82, 2.24) is 4.90 Å². The van der Waals surface area contributed by atoms with E-state index in [1.165, 1.54) is 30.3 Å². The van der Waals surface area contributed by atoms with Crippen LogP contribution >= 0.6 is 11.6 Å². The number of ether oxygens (including phenoxy) is 1. The van der Waals surface area contributed by atoms with Crippen LogP contribution in [0.4, 0.5) is 30.2 Å². The minimum absolute atomic E-state index is 0.0471. The van der Waals surface area contributed by atoms with Gasteiger partial charge in [0.1, 0.15) is 0 Å². The Labute approximate surface area is 190 Å². The van der Waals surface area contributed by atoms with Gasteiger partial charge >= 0.3 is 17.8 Å². The Kier molecular flexibility index (Phi) is 7.26. The number of nitrogens with one attached hydrogen (secondary N) is 1. The van der Waals surface area contributed by atoms with E-state index in [1.807, 2.05) is 0 Å². The first-order valence-electron chi connectivity index (χ1n) is 9.63. The number of amides is 2. The highest BCUT2D eigenvalue weighted by atomic mass is 35.5. The summed E-state index contributed by atoms with van der Waals surface area (Å²) in [6.07, 6.45) is -4.91. The van der Waals surface area contributed by atoms with Crippen LogP contribution in [0.1, 0.15) is 0 Å². The Morgan fingerprint density at radius 3 is 2.39 bits per heavy atom. The Balaban J connectivity index is 1.56. The van der Waals surface area contributed by atoms with Crippen molar-refractivity contribution in [1.29, 1.82) is 0 Å². The number of rotatable bonds is 6. The van der Waals surface area contributed by atoms with E-state index in [-0.39, 0.29) is 42.6 Å². The van der Waals surface area contributed by atoms with Gasteiger partial charge in [0.05, 0.1) is 15.6 Å². The van der Waals surface area contributed by atoms with Gasteiger partial charge in [0.15, 0.2) is 12.4 Å². The van der Waals surface area contributed by atoms with Crippen molar-refractivity contribution >= 4 is 40.5 Å². The fraction of sp³-hybridized carbons (Fsp3) is 0.300. The number of benzene rings is 2. The van der Waals surface area contributed by atoms with Gasteiger partial charge in [0.2, 0.25) is 0 Å². The van der Waals surface area contributed by atoms with Crippen molar-refractivity contribution in [2.24, 2.45) is 0 Å². The lowest BCUT2D eigenvalue weighted by molar-refractivity contribution is -0.385. The third-order valence-corrected chi connectivity index (χ3v) is 5.10. The van der Waals surface area contributed by atoms with Crippen LogP contribution in [0.5, 0.6) is 5.75 Å². The van der Waals surface area contributed by atoms with Gasteiger partial charge < -0.3 is 19.9 Å². The van der Waals surface area contributed by atoms with Crippen LogP contribution in [0.2, 0.25) is 5.02 Å². The minimum atomic E-state index is -4.91. The second-order valence-electron chi connectivity index (χ2n) is 7.00. The quantitative estimate of drug-likeness (QED) is 0.495. The van der Waals surface area contributed by atoms with Crippen LogP contribution in [0.25, 0.3) is 0 Å². The summed E-state index contributed by atoms with van der Waals surface area (Å²) in [6, 6.07) is 10.3. The highest BCUT2D eigenvalue weighted by Crippen LogP contribution is 2.30. The summed E-state index contributed by atoms with van der Waals surface area (Å²) in [7, 11) is 0. The number of anilines is 2. The second kappa shape index (κ2) is 9.94. The summed E-state index contributed by atoms with van der Waals surface area (Å²) >= 11 is 6.29. The second-order valence-corrected chi connectivity index (χ2v) is 7.41. The van der Waals surface area contributed by atoms with Gasteiger partial charge in [0, 0.05) is 37.9 Å². The number of nitrogens with zero attached hydrogens (tertiary/aromatic N) is 3. The van der Waals surface area contributed by atoms with Gasteiger partial charge in [-0.3, -0.25) is 19.7 Å². The van der Waals surface area contributed by atoms with Crippen LogP contribution in [0, 0.1) is 10.1 Å². The molecule has 33 heavy (non-hydrogen) atoms. The lowest BCUT2D eigenvalue weighted by Crippen LogP contribution is -2.52. The molecule has 0 radical (unpaired) electrons. The molecule has 0 aromatic heterocycles. The molecule has 1 heterocycles.